The minimum atomic E-state index is -2.73. The van der Waals surface area contributed by atoms with Crippen LogP contribution in [0.5, 0.6) is 0 Å². The molecule has 1 aromatic carbocycles. The highest BCUT2D eigenvalue weighted by Crippen LogP contribution is 2.24. The van der Waals surface area contributed by atoms with E-state index in [1.165, 1.54) is 12.1 Å². The molecule has 0 amide bonds. The van der Waals surface area contributed by atoms with Gasteiger partial charge in [-0.15, -0.1) is 0 Å². The summed E-state index contributed by atoms with van der Waals surface area (Å²) in [7, 11) is 0. The number of hydrogen-bond acceptors (Lipinski definition) is 5. The van der Waals surface area contributed by atoms with E-state index in [9.17, 15) is 14.4 Å². The molecule has 0 spiro atoms. The number of nitrogens with zero attached hydrogens (tertiary/aromatic N) is 2. The number of benzene rings is 1. The second-order valence-electron chi connectivity index (χ2n) is 4.68. The predicted molar refractivity (Wildman–Crippen MR) is 78.1 cm³/mol. The number of aryl methyl sites for hydroxylation is 1. The van der Waals surface area contributed by atoms with Gasteiger partial charge in [-0.25, -0.2) is 4.98 Å². The highest BCUT2D eigenvalue weighted by Gasteiger charge is 2.30. The normalized spacial score (nSPS) is 28.5. The summed E-state index contributed by atoms with van der Waals surface area (Å²) in [4.78, 5) is 41.2. The summed E-state index contributed by atoms with van der Waals surface area (Å²) in [5.74, 6) is -2.04. The number of anilines is 1. The number of Topliss-reactive ketones (excluding diaryl/α,β-unsaturated/α-hetero) is 2. The lowest BCUT2D eigenvalue weighted by atomic mass is 9.92. The Balaban J connectivity index is 2.44. The lowest BCUT2D eigenvalue weighted by Crippen LogP contribution is -2.36. The molecule has 1 unspecified atom stereocenters. The molecular weight excluding hydrogens is 270 g/mol. The van der Waals surface area contributed by atoms with E-state index in [4.69, 9.17) is 12.6 Å². The average Bonchev–Trinajstić information content (AvgIpc) is 2.50. The van der Waals surface area contributed by atoms with Gasteiger partial charge < -0.3 is 5.73 Å². The first kappa shape index (κ1) is 8.71. The van der Waals surface area contributed by atoms with Crippen LogP contribution in [-0.4, -0.2) is 21.1 Å². The molecular formula is C15H15N3O3. The third-order valence-corrected chi connectivity index (χ3v) is 3.23. The number of carbonyl (C=O) groups excluding carboxylic acids is 2. The van der Waals surface area contributed by atoms with Crippen LogP contribution in [0, 0.1) is 6.90 Å². The molecule has 3 rings (SSSR count). The number of nitrogen functional groups attached to an aromatic ring is 1. The molecule has 0 saturated heterocycles. The SMILES string of the molecule is [2H]Cc1nc2cc([2H])cc(N)c2c(=O)n1C1([2H])C(=O)CC(=O)CC1([2H])[2H]. The Bertz CT molecular complexity index is 1020. The maximum absolute atomic E-state index is 13.0. The number of carbonyl (C=O) groups is 2. The fourth-order valence-corrected chi connectivity index (χ4v) is 2.28. The van der Waals surface area contributed by atoms with E-state index in [0.29, 0.717) is 4.57 Å². The molecule has 1 heterocycles. The molecule has 1 aliphatic rings. The summed E-state index contributed by atoms with van der Waals surface area (Å²) in [6, 6.07) is -0.283. The van der Waals surface area contributed by atoms with Gasteiger partial charge >= 0.3 is 0 Å². The molecule has 21 heavy (non-hydrogen) atoms. The smallest absolute Gasteiger partial charge is 0.264 e. The standard InChI is InChI=1S/C15H15N3O3/c1-8-17-11-4-2-3-10(16)14(11)15(21)18(8)12-6-5-9(19)7-13(12)20/h2-4,12H,5-7,16H2,1H3/i1D,2D,6D2,12D. The number of fused-ring (bicyclic) bond motifs is 1. The molecule has 6 nitrogen and oxygen atoms in total. The number of rotatable bonds is 1. The van der Waals surface area contributed by atoms with E-state index in [-0.39, 0.29) is 28.5 Å². The van der Waals surface area contributed by atoms with E-state index in [1.807, 2.05) is 0 Å². The van der Waals surface area contributed by atoms with Crippen LogP contribution in [0.3, 0.4) is 0 Å². The minimum Gasteiger partial charge on any atom is -0.398 e. The topological polar surface area (TPSA) is 95.0 Å². The number of nitrogens with two attached hydrogens (primary N) is 1. The first-order valence-electron chi connectivity index (χ1n) is 8.90. The monoisotopic (exact) mass is 290 g/mol. The van der Waals surface area contributed by atoms with Gasteiger partial charge in [0.1, 0.15) is 11.6 Å². The molecule has 0 aliphatic heterocycles. The van der Waals surface area contributed by atoms with Gasteiger partial charge in [0, 0.05) is 16.2 Å². The molecule has 2 N–H and O–H groups in total. The molecule has 0 radical (unpaired) electrons. The molecule has 108 valence electrons. The number of aromatic nitrogens is 2. The van der Waals surface area contributed by atoms with Crippen LogP contribution < -0.4 is 11.3 Å². The van der Waals surface area contributed by atoms with Crippen molar-refractivity contribution in [1.29, 1.82) is 0 Å². The first-order chi connectivity index (χ1) is 12.0. The van der Waals surface area contributed by atoms with Crippen LogP contribution in [0.4, 0.5) is 5.69 Å². The van der Waals surface area contributed by atoms with Gasteiger partial charge in [-0.2, -0.15) is 0 Å². The van der Waals surface area contributed by atoms with E-state index in [0.717, 1.165) is 0 Å². The largest absolute Gasteiger partial charge is 0.398 e. The lowest BCUT2D eigenvalue weighted by Gasteiger charge is -2.24. The van der Waals surface area contributed by atoms with Crippen LogP contribution in [0.2, 0.25) is 0 Å². The zero-order valence-corrected chi connectivity index (χ0v) is 11.0. The van der Waals surface area contributed by atoms with Gasteiger partial charge in [0.25, 0.3) is 5.56 Å². The van der Waals surface area contributed by atoms with Crippen molar-refractivity contribution in [1.82, 2.24) is 9.55 Å². The Morgan fingerprint density at radius 1 is 1.52 bits per heavy atom. The van der Waals surface area contributed by atoms with Crippen molar-refractivity contribution < 1.29 is 16.4 Å². The quantitative estimate of drug-likeness (QED) is 0.628. The summed E-state index contributed by atoms with van der Waals surface area (Å²) < 4.78 is 40.5. The summed E-state index contributed by atoms with van der Waals surface area (Å²) in [6.07, 6.45) is -4.04. The molecule has 1 aliphatic carbocycles. The molecule has 2 aromatic rings. The van der Waals surface area contributed by atoms with E-state index < -0.39 is 49.3 Å². The maximum Gasteiger partial charge on any atom is 0.264 e. The van der Waals surface area contributed by atoms with Gasteiger partial charge in [0.2, 0.25) is 0 Å². The fraction of sp³-hybridized carbons (Fsp3) is 0.333. The summed E-state index contributed by atoms with van der Waals surface area (Å²) in [5.41, 5.74) is 4.78. The number of hydrogen-bond donors (Lipinski definition) is 1. The van der Waals surface area contributed by atoms with Gasteiger partial charge in [0.15, 0.2) is 5.78 Å². The second kappa shape index (κ2) is 4.80. The Hall–Kier alpha value is -2.50. The van der Waals surface area contributed by atoms with Crippen LogP contribution in [0.1, 0.15) is 37.9 Å². The first-order valence-corrected chi connectivity index (χ1v) is 6.19. The van der Waals surface area contributed by atoms with E-state index >= 15 is 0 Å². The molecule has 1 aromatic heterocycles. The van der Waals surface area contributed by atoms with Gasteiger partial charge in [-0.05, 0) is 25.4 Å². The summed E-state index contributed by atoms with van der Waals surface area (Å²) in [6.45, 7) is -0.606. The van der Waals surface area contributed by atoms with Crippen molar-refractivity contribution in [2.24, 2.45) is 0 Å². The van der Waals surface area contributed by atoms with Gasteiger partial charge in [0.05, 0.1) is 26.1 Å². The highest BCUT2D eigenvalue weighted by atomic mass is 16.2. The average molecular weight is 290 g/mol. The van der Waals surface area contributed by atoms with Gasteiger partial charge in [-0.1, -0.05) is 6.04 Å². The highest BCUT2D eigenvalue weighted by molar-refractivity contribution is 6.03. The van der Waals surface area contributed by atoms with Crippen molar-refractivity contribution in [2.45, 2.75) is 32.1 Å². The number of ketones is 2. The predicted octanol–water partition coefficient (Wildman–Crippen LogP) is 1.15. The third-order valence-electron chi connectivity index (χ3n) is 3.23. The molecule has 1 atom stereocenters. The summed E-state index contributed by atoms with van der Waals surface area (Å²) in [5, 5.41) is -0.162. The van der Waals surface area contributed by atoms with Crippen LogP contribution in [-0.2, 0) is 9.59 Å². The zero-order chi connectivity index (χ0) is 19.4. The van der Waals surface area contributed by atoms with Crippen LogP contribution in [0.25, 0.3) is 10.9 Å². The maximum atomic E-state index is 13.0. The Morgan fingerprint density at radius 2 is 2.33 bits per heavy atom. The fourth-order valence-electron chi connectivity index (χ4n) is 2.28. The zero-order valence-electron chi connectivity index (χ0n) is 16.0. The minimum absolute atomic E-state index is 0.00848. The van der Waals surface area contributed by atoms with Crippen molar-refractivity contribution in [3.05, 3.63) is 34.4 Å². The van der Waals surface area contributed by atoms with E-state index in [2.05, 4.69) is 4.98 Å². The van der Waals surface area contributed by atoms with Crippen molar-refractivity contribution in [3.8, 4) is 0 Å². The van der Waals surface area contributed by atoms with Crippen molar-refractivity contribution in [2.75, 3.05) is 5.73 Å². The lowest BCUT2D eigenvalue weighted by molar-refractivity contribution is -0.132. The van der Waals surface area contributed by atoms with Crippen LogP contribution in [0.15, 0.2) is 23.0 Å². The van der Waals surface area contributed by atoms with Crippen molar-refractivity contribution in [3.63, 3.8) is 0 Å². The molecule has 6 heteroatoms. The molecule has 1 fully saturated rings. The summed E-state index contributed by atoms with van der Waals surface area (Å²) >= 11 is 0. The molecule has 1 saturated carbocycles. The van der Waals surface area contributed by atoms with Gasteiger partial charge in [-0.3, -0.25) is 19.0 Å². The molecule has 0 bridgehead atoms. The Morgan fingerprint density at radius 3 is 3.05 bits per heavy atom. The Kier molecular flexibility index (Phi) is 1.99. The Labute approximate surface area is 127 Å². The second-order valence-corrected chi connectivity index (χ2v) is 4.68. The van der Waals surface area contributed by atoms with E-state index in [1.54, 1.807) is 0 Å². The van der Waals surface area contributed by atoms with Crippen molar-refractivity contribution >= 4 is 28.2 Å². The van der Waals surface area contributed by atoms with Crippen LogP contribution >= 0.6 is 0 Å². The third kappa shape index (κ3) is 2.12.